The van der Waals surface area contributed by atoms with Gasteiger partial charge in [-0.2, -0.15) is 0 Å². The predicted octanol–water partition coefficient (Wildman–Crippen LogP) is 5.97. The topological polar surface area (TPSA) is 62.2 Å². The van der Waals surface area contributed by atoms with Gasteiger partial charge in [0, 0.05) is 71.1 Å². The smallest absolute Gasteiger partial charge is 0.309 e. The van der Waals surface area contributed by atoms with Gasteiger partial charge >= 0.3 is 5.97 Å². The van der Waals surface area contributed by atoms with Gasteiger partial charge < -0.3 is 19.5 Å². The second-order valence-electron chi connectivity index (χ2n) is 11.0. The number of halogens is 3. The summed E-state index contributed by atoms with van der Waals surface area (Å²) < 4.78 is 27.1. The van der Waals surface area contributed by atoms with Gasteiger partial charge in [0.15, 0.2) is 0 Å². The second-order valence-corrected chi connectivity index (χ2v) is 11.8. The van der Waals surface area contributed by atoms with Crippen LogP contribution in [0.5, 0.6) is 5.75 Å². The lowest BCUT2D eigenvalue weighted by Crippen LogP contribution is -2.61. The third kappa shape index (κ3) is 5.29. The Morgan fingerprint density at radius 1 is 1.22 bits per heavy atom. The van der Waals surface area contributed by atoms with E-state index in [0.29, 0.717) is 52.8 Å². The van der Waals surface area contributed by atoms with E-state index in [1.54, 1.807) is 25.1 Å². The van der Waals surface area contributed by atoms with Crippen molar-refractivity contribution < 1.29 is 23.8 Å². The first kappa shape index (κ1) is 26.5. The van der Waals surface area contributed by atoms with Crippen molar-refractivity contribution in [3.8, 4) is 5.75 Å². The summed E-state index contributed by atoms with van der Waals surface area (Å²) in [6, 6.07) is 9.02. The molecule has 2 aromatic rings. The van der Waals surface area contributed by atoms with E-state index < -0.39 is 11.4 Å². The summed E-state index contributed by atoms with van der Waals surface area (Å²) in [5, 5.41) is 10.5. The lowest BCUT2D eigenvalue weighted by Gasteiger charge is -2.52. The molecule has 5 rings (SSSR count). The lowest BCUT2D eigenvalue weighted by molar-refractivity contribution is -0.161. The fraction of sp³-hybridized carbons (Fsp3) is 0.536. The van der Waals surface area contributed by atoms with E-state index in [-0.39, 0.29) is 18.0 Å². The number of hydrogen-bond acceptors (Lipinski definition) is 5. The monoisotopic (exact) mass is 550 g/mol. The number of rotatable bonds is 7. The summed E-state index contributed by atoms with van der Waals surface area (Å²) >= 11 is 12.4. The van der Waals surface area contributed by atoms with E-state index >= 15 is 0 Å². The van der Waals surface area contributed by atoms with Crippen LogP contribution in [0, 0.1) is 24.1 Å². The summed E-state index contributed by atoms with van der Waals surface area (Å²) in [4.78, 5) is 16.0. The Balaban J connectivity index is 1.20. The highest BCUT2D eigenvalue weighted by atomic mass is 35.5. The zero-order valence-electron chi connectivity index (χ0n) is 21.3. The van der Waals surface area contributed by atoms with E-state index in [1.165, 1.54) is 0 Å². The number of morpholine rings is 1. The number of nitrogens with zero attached hydrogens (tertiary/aromatic N) is 2. The Hall–Kier alpha value is -2.06. The molecule has 9 heteroatoms. The minimum atomic E-state index is -0.706. The highest BCUT2D eigenvalue weighted by Gasteiger charge is 2.50. The van der Waals surface area contributed by atoms with Crippen LogP contribution in [0.3, 0.4) is 0 Å². The summed E-state index contributed by atoms with van der Waals surface area (Å²) in [6.07, 6.45) is 1.10. The molecule has 1 N–H and O–H groups in total. The molecular weight excluding hydrogens is 518 g/mol. The number of carboxylic acid groups (broad SMARTS) is 1. The molecule has 6 nitrogen and oxygen atoms in total. The Kier molecular flexibility index (Phi) is 7.35. The van der Waals surface area contributed by atoms with Crippen molar-refractivity contribution in [1.82, 2.24) is 4.90 Å². The lowest BCUT2D eigenvalue weighted by atomic mass is 9.66. The maximum absolute atomic E-state index is 14.9. The van der Waals surface area contributed by atoms with Gasteiger partial charge in [0.25, 0.3) is 0 Å². The van der Waals surface area contributed by atoms with Gasteiger partial charge in [0.1, 0.15) is 17.7 Å². The van der Waals surface area contributed by atoms with Gasteiger partial charge in [0.2, 0.25) is 0 Å². The molecule has 0 unspecified atom stereocenters. The van der Waals surface area contributed by atoms with E-state index in [1.807, 2.05) is 26.0 Å². The van der Waals surface area contributed by atoms with Crippen molar-refractivity contribution in [2.45, 2.75) is 51.9 Å². The largest absolute Gasteiger partial charge is 0.486 e. The van der Waals surface area contributed by atoms with E-state index in [9.17, 15) is 14.3 Å². The molecule has 3 fully saturated rings. The molecule has 0 radical (unpaired) electrons. The van der Waals surface area contributed by atoms with Crippen molar-refractivity contribution in [1.29, 1.82) is 0 Å². The van der Waals surface area contributed by atoms with Gasteiger partial charge in [-0.05, 0) is 51.8 Å². The molecule has 1 saturated carbocycles. The molecule has 3 aliphatic rings. The van der Waals surface area contributed by atoms with Gasteiger partial charge in [-0.1, -0.05) is 29.3 Å². The van der Waals surface area contributed by atoms with Crippen LogP contribution < -0.4 is 9.64 Å². The molecule has 1 aliphatic carbocycles. The number of anilines is 1. The van der Waals surface area contributed by atoms with Crippen molar-refractivity contribution in [3.63, 3.8) is 0 Å². The number of benzene rings is 2. The molecule has 0 spiro atoms. The first-order chi connectivity index (χ1) is 17.5. The maximum atomic E-state index is 14.9. The number of ether oxygens (including phenoxy) is 2. The molecule has 0 bridgehead atoms. The van der Waals surface area contributed by atoms with Crippen molar-refractivity contribution in [2.75, 3.05) is 37.7 Å². The average molecular weight is 551 g/mol. The highest BCUT2D eigenvalue weighted by Crippen LogP contribution is 2.44. The minimum absolute atomic E-state index is 0.0970. The normalized spacial score (nSPS) is 27.4. The molecule has 0 aromatic heterocycles. The first-order valence-electron chi connectivity index (χ1n) is 12.8. The van der Waals surface area contributed by atoms with Gasteiger partial charge in [-0.15, -0.1) is 0 Å². The van der Waals surface area contributed by atoms with Crippen LogP contribution in [-0.4, -0.2) is 60.9 Å². The van der Waals surface area contributed by atoms with Crippen LogP contribution in [-0.2, 0) is 9.53 Å². The quantitative estimate of drug-likeness (QED) is 0.458. The third-order valence-corrected chi connectivity index (χ3v) is 8.88. The van der Waals surface area contributed by atoms with Crippen LogP contribution in [0.25, 0.3) is 0 Å². The van der Waals surface area contributed by atoms with Gasteiger partial charge in [-0.25, -0.2) is 4.39 Å². The Morgan fingerprint density at radius 2 is 1.95 bits per heavy atom. The Bertz CT molecular complexity index is 1180. The van der Waals surface area contributed by atoms with Gasteiger partial charge in [0.05, 0.1) is 18.1 Å². The minimum Gasteiger partial charge on any atom is -0.486 e. The first-order valence-corrected chi connectivity index (χ1v) is 13.6. The van der Waals surface area contributed by atoms with Crippen molar-refractivity contribution in [3.05, 3.63) is 57.3 Å². The fourth-order valence-electron chi connectivity index (χ4n) is 5.72. The molecule has 2 saturated heterocycles. The van der Waals surface area contributed by atoms with Crippen LogP contribution in [0.1, 0.15) is 43.9 Å². The Morgan fingerprint density at radius 3 is 2.62 bits per heavy atom. The number of aliphatic carboxylic acids is 1. The molecule has 37 heavy (non-hydrogen) atoms. The zero-order chi connectivity index (χ0) is 26.5. The molecule has 2 heterocycles. The molecule has 200 valence electrons. The molecule has 2 atom stereocenters. The summed E-state index contributed by atoms with van der Waals surface area (Å²) in [5.74, 6) is -0.183. The van der Waals surface area contributed by atoms with E-state index in [4.69, 9.17) is 32.7 Å². The average Bonchev–Trinajstić information content (AvgIpc) is 2.79. The van der Waals surface area contributed by atoms with Crippen molar-refractivity contribution in [2.24, 2.45) is 11.3 Å². The van der Waals surface area contributed by atoms with E-state index in [0.717, 1.165) is 37.4 Å². The molecular formula is C28H33Cl2FN2O4. The number of hydrogen-bond donors (Lipinski definition) is 1. The highest BCUT2D eigenvalue weighted by molar-refractivity contribution is 6.35. The van der Waals surface area contributed by atoms with Crippen LogP contribution in [0.4, 0.5) is 10.1 Å². The molecule has 2 aromatic carbocycles. The standard InChI is InChI=1S/C28H33Cl2FN2O4/c1-16-24(31)9-20(10-25(16)37-17(2)22-5-4-19(29)8-23(22)30)33-13-18(14-33)26-15-32(6-7-36-26)21-11-28(3,12-21)27(34)35/h4-5,8-10,17-18,21,26H,6-7,11-15H2,1-3H3,(H,34,35)/t17-,21?,26+,28?/m1/s1. The van der Waals surface area contributed by atoms with Crippen LogP contribution in [0.15, 0.2) is 30.3 Å². The van der Waals surface area contributed by atoms with E-state index in [2.05, 4.69) is 9.80 Å². The van der Waals surface area contributed by atoms with Crippen molar-refractivity contribution >= 4 is 34.9 Å². The zero-order valence-corrected chi connectivity index (χ0v) is 22.9. The summed E-state index contributed by atoms with van der Waals surface area (Å²) in [6.45, 7) is 9.28. The SMILES string of the molecule is Cc1c(F)cc(N2CC([C@@H]3CN(C4CC(C)(C(=O)O)C4)CCO3)C2)cc1O[C@H](C)c1ccc(Cl)cc1Cl. The predicted molar refractivity (Wildman–Crippen MR) is 142 cm³/mol. The van der Waals surface area contributed by atoms with Crippen LogP contribution >= 0.6 is 23.2 Å². The fourth-order valence-corrected chi connectivity index (χ4v) is 6.28. The summed E-state index contributed by atoms with van der Waals surface area (Å²) in [5.41, 5.74) is 1.43. The molecule has 2 aliphatic heterocycles. The summed E-state index contributed by atoms with van der Waals surface area (Å²) in [7, 11) is 0. The number of carbonyl (C=O) groups is 1. The van der Waals surface area contributed by atoms with Crippen LogP contribution in [0.2, 0.25) is 10.0 Å². The molecule has 0 amide bonds. The Labute approximate surface area is 227 Å². The maximum Gasteiger partial charge on any atom is 0.309 e. The third-order valence-electron chi connectivity index (χ3n) is 8.32. The number of carboxylic acids is 1. The van der Waals surface area contributed by atoms with Gasteiger partial charge in [-0.3, -0.25) is 9.69 Å². The second kappa shape index (κ2) is 10.3.